The van der Waals surface area contributed by atoms with Crippen molar-refractivity contribution in [2.45, 2.75) is 212 Å². The van der Waals surface area contributed by atoms with Crippen molar-refractivity contribution in [3.05, 3.63) is 12.2 Å². The minimum atomic E-state index is -0.922. The number of nitrogens with one attached hydrogen (secondary N) is 1. The molecule has 0 aromatic heterocycles. The molecule has 0 saturated carbocycles. The Morgan fingerprint density at radius 2 is 0.976 bits per heavy atom. The number of carbonyl (C=O) groups excluding carboxylic acids is 1. The Kier molecular flexibility index (Phi) is 32.3. The highest BCUT2D eigenvalue weighted by molar-refractivity contribution is 5.76. The molecule has 250 valence electrons. The van der Waals surface area contributed by atoms with Crippen LogP contribution in [0.15, 0.2) is 12.2 Å². The van der Waals surface area contributed by atoms with Crippen molar-refractivity contribution in [1.82, 2.24) is 5.32 Å². The SMILES string of the molecule is CCCCCCCCCCCCC/C=C/C(O)C(CO)NC(=O)CC(O)CCCCCCCCCCCCCCCC. The van der Waals surface area contributed by atoms with Crippen LogP contribution in [0.4, 0.5) is 0 Å². The molecule has 0 heterocycles. The van der Waals surface area contributed by atoms with Gasteiger partial charge in [0.25, 0.3) is 0 Å². The van der Waals surface area contributed by atoms with Crippen LogP contribution in [-0.4, -0.2) is 46.1 Å². The quantitative estimate of drug-likeness (QED) is 0.0449. The maximum atomic E-state index is 12.3. The van der Waals surface area contributed by atoms with Crippen molar-refractivity contribution in [3.8, 4) is 0 Å². The van der Waals surface area contributed by atoms with E-state index < -0.39 is 18.2 Å². The molecule has 3 unspecified atom stereocenters. The minimum absolute atomic E-state index is 0.0180. The second kappa shape index (κ2) is 33.0. The fraction of sp³-hybridized carbons (Fsp3) is 0.919. The number of unbranched alkanes of at least 4 members (excludes halogenated alkanes) is 24. The Morgan fingerprint density at radius 3 is 1.38 bits per heavy atom. The number of rotatable bonds is 33. The summed E-state index contributed by atoms with van der Waals surface area (Å²) in [6, 6.07) is -0.737. The van der Waals surface area contributed by atoms with Crippen LogP contribution in [0.2, 0.25) is 0 Å². The van der Waals surface area contributed by atoms with Gasteiger partial charge in [0.1, 0.15) is 0 Å². The zero-order valence-corrected chi connectivity index (χ0v) is 28.1. The minimum Gasteiger partial charge on any atom is -0.394 e. The summed E-state index contributed by atoms with van der Waals surface area (Å²) in [6.07, 6.45) is 36.2. The van der Waals surface area contributed by atoms with Gasteiger partial charge in [-0.25, -0.2) is 0 Å². The van der Waals surface area contributed by atoms with Crippen molar-refractivity contribution in [2.24, 2.45) is 0 Å². The number of aliphatic hydroxyl groups is 3. The lowest BCUT2D eigenvalue weighted by atomic mass is 10.0. The van der Waals surface area contributed by atoms with Gasteiger partial charge in [0.15, 0.2) is 0 Å². The van der Waals surface area contributed by atoms with Crippen LogP contribution in [0, 0.1) is 0 Å². The molecule has 5 nitrogen and oxygen atoms in total. The van der Waals surface area contributed by atoms with Gasteiger partial charge in [0, 0.05) is 0 Å². The first-order valence-corrected chi connectivity index (χ1v) is 18.5. The van der Waals surface area contributed by atoms with E-state index in [1.165, 1.54) is 141 Å². The predicted molar refractivity (Wildman–Crippen MR) is 181 cm³/mol. The predicted octanol–water partition coefficient (Wildman–Crippen LogP) is 9.70. The third-order valence-corrected chi connectivity index (χ3v) is 8.57. The molecule has 0 rings (SSSR count). The molecule has 0 aromatic rings. The molecule has 0 saturated heterocycles. The first-order valence-electron chi connectivity index (χ1n) is 18.5. The Labute approximate surface area is 261 Å². The summed E-state index contributed by atoms with van der Waals surface area (Å²) >= 11 is 0. The maximum Gasteiger partial charge on any atom is 0.222 e. The molecule has 0 aliphatic carbocycles. The summed E-state index contributed by atoms with van der Waals surface area (Å²) in [6.45, 7) is 4.20. The number of hydrogen-bond acceptors (Lipinski definition) is 4. The zero-order valence-electron chi connectivity index (χ0n) is 28.1. The molecule has 0 bridgehead atoms. The van der Waals surface area contributed by atoms with E-state index in [2.05, 4.69) is 19.2 Å². The van der Waals surface area contributed by atoms with Gasteiger partial charge in [-0.3, -0.25) is 4.79 Å². The van der Waals surface area contributed by atoms with E-state index in [0.717, 1.165) is 25.7 Å². The van der Waals surface area contributed by atoms with Crippen molar-refractivity contribution >= 4 is 5.91 Å². The van der Waals surface area contributed by atoms with E-state index in [9.17, 15) is 20.1 Å². The lowest BCUT2D eigenvalue weighted by Crippen LogP contribution is -2.45. The molecule has 3 atom stereocenters. The summed E-state index contributed by atoms with van der Waals surface area (Å²) in [5.41, 5.74) is 0. The van der Waals surface area contributed by atoms with Crippen molar-refractivity contribution in [1.29, 1.82) is 0 Å². The maximum absolute atomic E-state index is 12.3. The monoisotopic (exact) mass is 596 g/mol. The fourth-order valence-electron chi connectivity index (χ4n) is 5.69. The molecular formula is C37H73NO4. The number of carbonyl (C=O) groups is 1. The Balaban J connectivity index is 3.72. The van der Waals surface area contributed by atoms with Crippen LogP contribution < -0.4 is 5.32 Å². The van der Waals surface area contributed by atoms with Gasteiger partial charge in [0.05, 0.1) is 31.3 Å². The average Bonchev–Trinajstić information content (AvgIpc) is 2.98. The summed E-state index contributed by atoms with van der Waals surface area (Å²) in [5, 5.41) is 33.0. The molecule has 0 aromatic carbocycles. The number of aliphatic hydroxyl groups excluding tert-OH is 3. The van der Waals surface area contributed by atoms with Gasteiger partial charge in [-0.2, -0.15) is 0 Å². The molecule has 1 amide bonds. The zero-order chi connectivity index (χ0) is 30.9. The van der Waals surface area contributed by atoms with Crippen LogP contribution >= 0.6 is 0 Å². The van der Waals surface area contributed by atoms with E-state index in [0.29, 0.717) is 6.42 Å². The summed E-state index contributed by atoms with van der Waals surface area (Å²) in [4.78, 5) is 12.3. The third-order valence-electron chi connectivity index (χ3n) is 8.57. The average molecular weight is 596 g/mol. The number of allylic oxidation sites excluding steroid dienone is 1. The van der Waals surface area contributed by atoms with Crippen molar-refractivity contribution < 1.29 is 20.1 Å². The molecule has 4 N–H and O–H groups in total. The lowest BCUT2D eigenvalue weighted by Gasteiger charge is -2.21. The standard InChI is InChI=1S/C37H73NO4/c1-3-5-7-9-11-13-15-17-19-20-22-24-26-28-30-34(40)32-37(42)38-35(33-39)36(41)31-29-27-25-23-21-18-16-14-12-10-8-6-4-2/h29,31,34-36,39-41H,3-28,30,32-33H2,1-2H3,(H,38,42)/b31-29+. The second-order valence-electron chi connectivity index (χ2n) is 12.8. The van der Waals surface area contributed by atoms with Crippen molar-refractivity contribution in [3.63, 3.8) is 0 Å². The van der Waals surface area contributed by atoms with E-state index >= 15 is 0 Å². The summed E-state index contributed by atoms with van der Waals surface area (Å²) < 4.78 is 0. The van der Waals surface area contributed by atoms with Gasteiger partial charge in [0.2, 0.25) is 5.91 Å². The van der Waals surface area contributed by atoms with E-state index in [1.54, 1.807) is 6.08 Å². The van der Waals surface area contributed by atoms with Gasteiger partial charge < -0.3 is 20.6 Å². The normalized spacial score (nSPS) is 13.9. The highest BCUT2D eigenvalue weighted by Gasteiger charge is 2.20. The Hall–Kier alpha value is -0.910. The number of hydrogen-bond donors (Lipinski definition) is 4. The molecule has 0 fully saturated rings. The highest BCUT2D eigenvalue weighted by atomic mass is 16.3. The lowest BCUT2D eigenvalue weighted by molar-refractivity contribution is -0.124. The topological polar surface area (TPSA) is 89.8 Å². The largest absolute Gasteiger partial charge is 0.394 e. The molecule has 0 radical (unpaired) electrons. The summed E-state index contributed by atoms with van der Waals surface area (Å²) in [7, 11) is 0. The molecule has 0 spiro atoms. The first kappa shape index (κ1) is 41.1. The van der Waals surface area contributed by atoms with E-state index in [1.807, 2.05) is 6.08 Å². The highest BCUT2D eigenvalue weighted by Crippen LogP contribution is 2.15. The third kappa shape index (κ3) is 29.2. The number of amides is 1. The smallest absolute Gasteiger partial charge is 0.222 e. The molecule has 0 aliphatic heterocycles. The van der Waals surface area contributed by atoms with Gasteiger partial charge >= 0.3 is 0 Å². The van der Waals surface area contributed by atoms with E-state index in [4.69, 9.17) is 0 Å². The molecule has 5 heteroatoms. The van der Waals surface area contributed by atoms with E-state index in [-0.39, 0.29) is 18.9 Å². The van der Waals surface area contributed by atoms with Crippen LogP contribution in [0.1, 0.15) is 194 Å². The van der Waals surface area contributed by atoms with Crippen LogP contribution in [-0.2, 0) is 4.79 Å². The first-order chi connectivity index (χ1) is 20.5. The van der Waals surface area contributed by atoms with Crippen LogP contribution in [0.5, 0.6) is 0 Å². The molecular weight excluding hydrogens is 522 g/mol. The van der Waals surface area contributed by atoms with Gasteiger partial charge in [-0.15, -0.1) is 0 Å². The van der Waals surface area contributed by atoms with Crippen LogP contribution in [0.25, 0.3) is 0 Å². The Bertz CT molecular complexity index is 582. The fourth-order valence-corrected chi connectivity index (χ4v) is 5.69. The van der Waals surface area contributed by atoms with Crippen LogP contribution in [0.3, 0.4) is 0 Å². The van der Waals surface area contributed by atoms with Crippen molar-refractivity contribution in [2.75, 3.05) is 6.61 Å². The molecule has 0 aliphatic rings. The van der Waals surface area contributed by atoms with Gasteiger partial charge in [-0.1, -0.05) is 180 Å². The second-order valence-corrected chi connectivity index (χ2v) is 12.8. The summed E-state index contributed by atoms with van der Waals surface area (Å²) in [5.74, 6) is -0.315. The molecule has 42 heavy (non-hydrogen) atoms. The van der Waals surface area contributed by atoms with Gasteiger partial charge in [-0.05, 0) is 19.3 Å². The Morgan fingerprint density at radius 1 is 0.595 bits per heavy atom.